The third-order valence-corrected chi connectivity index (χ3v) is 3.45. The van der Waals surface area contributed by atoms with Gasteiger partial charge in [0.05, 0.1) is 6.10 Å². The van der Waals surface area contributed by atoms with Crippen LogP contribution >= 0.6 is 0 Å². The Bertz CT molecular complexity index is 215. The maximum absolute atomic E-state index is 11.3. The summed E-state index contributed by atoms with van der Waals surface area (Å²) in [4.78, 5) is 13.3. The minimum Gasteiger partial charge on any atom is -0.393 e. The summed E-state index contributed by atoms with van der Waals surface area (Å²) in [6, 6.07) is 0.431. The number of nitrogens with zero attached hydrogens (tertiary/aromatic N) is 1. The molecule has 2 rings (SSSR count). The topological polar surface area (TPSA) is 40.5 Å². The van der Waals surface area contributed by atoms with E-state index in [-0.39, 0.29) is 6.10 Å². The van der Waals surface area contributed by atoms with Gasteiger partial charge in [-0.1, -0.05) is 0 Å². The maximum atomic E-state index is 11.3. The first-order chi connectivity index (χ1) is 6.18. The lowest BCUT2D eigenvalue weighted by atomic mass is 9.87. The van der Waals surface area contributed by atoms with Crippen molar-refractivity contribution >= 4 is 5.91 Å². The second kappa shape index (κ2) is 3.29. The highest BCUT2D eigenvalue weighted by Gasteiger charge is 2.37. The Morgan fingerprint density at radius 3 is 3.00 bits per heavy atom. The normalized spacial score (nSPS) is 36.2. The van der Waals surface area contributed by atoms with Crippen LogP contribution in [0.25, 0.3) is 0 Å². The molecule has 3 heteroatoms. The Labute approximate surface area is 78.7 Å². The van der Waals surface area contributed by atoms with Gasteiger partial charge in [0.15, 0.2) is 0 Å². The zero-order valence-electron chi connectivity index (χ0n) is 8.07. The SMILES string of the molecule is CC(O)C1CCN2C(=O)CCC2C1. The van der Waals surface area contributed by atoms with E-state index in [1.165, 1.54) is 0 Å². The monoisotopic (exact) mass is 183 g/mol. The first-order valence-electron chi connectivity index (χ1n) is 5.16. The Morgan fingerprint density at radius 1 is 1.54 bits per heavy atom. The molecule has 74 valence electrons. The van der Waals surface area contributed by atoms with E-state index in [4.69, 9.17) is 0 Å². The molecule has 0 radical (unpaired) electrons. The fourth-order valence-electron chi connectivity index (χ4n) is 2.56. The van der Waals surface area contributed by atoms with Gasteiger partial charge in [-0.05, 0) is 32.1 Å². The molecule has 0 aromatic rings. The molecule has 2 saturated heterocycles. The number of amides is 1. The Morgan fingerprint density at radius 2 is 2.31 bits per heavy atom. The number of hydrogen-bond donors (Lipinski definition) is 1. The van der Waals surface area contributed by atoms with Crippen molar-refractivity contribution in [3.63, 3.8) is 0 Å². The molecule has 0 saturated carbocycles. The van der Waals surface area contributed by atoms with Crippen molar-refractivity contribution in [3.8, 4) is 0 Å². The third kappa shape index (κ3) is 1.57. The van der Waals surface area contributed by atoms with E-state index >= 15 is 0 Å². The predicted molar refractivity (Wildman–Crippen MR) is 49.1 cm³/mol. The van der Waals surface area contributed by atoms with Crippen LogP contribution in [0, 0.1) is 5.92 Å². The molecule has 3 unspecified atom stereocenters. The number of rotatable bonds is 1. The van der Waals surface area contributed by atoms with Crippen LogP contribution in [-0.2, 0) is 4.79 Å². The van der Waals surface area contributed by atoms with Gasteiger partial charge in [-0.25, -0.2) is 0 Å². The van der Waals surface area contributed by atoms with Gasteiger partial charge >= 0.3 is 0 Å². The van der Waals surface area contributed by atoms with Crippen molar-refractivity contribution in [1.82, 2.24) is 4.90 Å². The summed E-state index contributed by atoms with van der Waals surface area (Å²) in [5.74, 6) is 0.723. The largest absolute Gasteiger partial charge is 0.393 e. The summed E-state index contributed by atoms with van der Waals surface area (Å²) >= 11 is 0. The molecule has 2 aliphatic heterocycles. The van der Waals surface area contributed by atoms with Gasteiger partial charge in [0.1, 0.15) is 0 Å². The highest BCUT2D eigenvalue weighted by molar-refractivity contribution is 5.78. The van der Waals surface area contributed by atoms with E-state index in [1.807, 2.05) is 11.8 Å². The Hall–Kier alpha value is -0.570. The van der Waals surface area contributed by atoms with E-state index in [0.29, 0.717) is 17.9 Å². The number of fused-ring (bicyclic) bond motifs is 1. The lowest BCUT2D eigenvalue weighted by Gasteiger charge is -2.36. The van der Waals surface area contributed by atoms with Crippen molar-refractivity contribution in [2.45, 2.75) is 44.8 Å². The van der Waals surface area contributed by atoms with Crippen LogP contribution in [0.2, 0.25) is 0 Å². The minimum atomic E-state index is -0.210. The number of hydrogen-bond acceptors (Lipinski definition) is 2. The summed E-state index contributed by atoms with van der Waals surface area (Å²) in [6.45, 7) is 2.72. The molecule has 0 bridgehead atoms. The number of aliphatic hydroxyl groups is 1. The molecule has 1 N–H and O–H groups in total. The molecule has 13 heavy (non-hydrogen) atoms. The van der Waals surface area contributed by atoms with E-state index in [0.717, 1.165) is 32.2 Å². The van der Waals surface area contributed by atoms with Crippen LogP contribution in [0.4, 0.5) is 0 Å². The van der Waals surface area contributed by atoms with Crippen LogP contribution in [0.3, 0.4) is 0 Å². The molecular weight excluding hydrogens is 166 g/mol. The van der Waals surface area contributed by atoms with Crippen molar-refractivity contribution in [2.75, 3.05) is 6.54 Å². The summed E-state index contributed by atoms with van der Waals surface area (Å²) < 4.78 is 0. The van der Waals surface area contributed by atoms with Crippen molar-refractivity contribution in [1.29, 1.82) is 0 Å². The van der Waals surface area contributed by atoms with Crippen LogP contribution < -0.4 is 0 Å². The van der Waals surface area contributed by atoms with Gasteiger partial charge in [0, 0.05) is 19.0 Å². The average Bonchev–Trinajstić information content (AvgIpc) is 2.47. The number of aliphatic hydroxyl groups excluding tert-OH is 1. The van der Waals surface area contributed by atoms with Gasteiger partial charge < -0.3 is 10.0 Å². The fourth-order valence-corrected chi connectivity index (χ4v) is 2.56. The zero-order valence-corrected chi connectivity index (χ0v) is 8.07. The van der Waals surface area contributed by atoms with Gasteiger partial charge in [-0.2, -0.15) is 0 Å². The smallest absolute Gasteiger partial charge is 0.222 e. The third-order valence-electron chi connectivity index (χ3n) is 3.45. The van der Waals surface area contributed by atoms with Gasteiger partial charge in [0.25, 0.3) is 0 Å². The quantitative estimate of drug-likeness (QED) is 0.652. The first kappa shape index (κ1) is 9.00. The van der Waals surface area contributed by atoms with Crippen molar-refractivity contribution in [3.05, 3.63) is 0 Å². The summed E-state index contributed by atoms with van der Waals surface area (Å²) in [5, 5.41) is 9.46. The Kier molecular flexibility index (Phi) is 2.28. The molecule has 0 aliphatic carbocycles. The zero-order chi connectivity index (χ0) is 9.42. The van der Waals surface area contributed by atoms with Crippen molar-refractivity contribution in [2.24, 2.45) is 5.92 Å². The van der Waals surface area contributed by atoms with Crippen LogP contribution in [0.5, 0.6) is 0 Å². The van der Waals surface area contributed by atoms with Gasteiger partial charge in [-0.15, -0.1) is 0 Å². The van der Waals surface area contributed by atoms with Crippen molar-refractivity contribution < 1.29 is 9.90 Å². The lowest BCUT2D eigenvalue weighted by molar-refractivity contribution is -0.130. The van der Waals surface area contributed by atoms with E-state index in [1.54, 1.807) is 0 Å². The highest BCUT2D eigenvalue weighted by atomic mass is 16.3. The van der Waals surface area contributed by atoms with E-state index < -0.39 is 0 Å². The summed E-state index contributed by atoms with van der Waals surface area (Å²) in [6.07, 6.45) is 3.49. The average molecular weight is 183 g/mol. The molecule has 3 atom stereocenters. The van der Waals surface area contributed by atoms with Gasteiger partial charge in [0.2, 0.25) is 5.91 Å². The molecule has 0 spiro atoms. The van der Waals surface area contributed by atoms with Gasteiger partial charge in [-0.3, -0.25) is 4.79 Å². The van der Waals surface area contributed by atoms with E-state index in [9.17, 15) is 9.90 Å². The van der Waals surface area contributed by atoms with Crippen LogP contribution in [0.15, 0.2) is 0 Å². The number of carbonyl (C=O) groups is 1. The lowest BCUT2D eigenvalue weighted by Crippen LogP contribution is -2.42. The fraction of sp³-hybridized carbons (Fsp3) is 0.900. The predicted octanol–water partition coefficient (Wildman–Crippen LogP) is 0.768. The molecular formula is C10H17NO2. The molecule has 3 nitrogen and oxygen atoms in total. The van der Waals surface area contributed by atoms with E-state index in [2.05, 4.69) is 0 Å². The second-order valence-electron chi connectivity index (χ2n) is 4.30. The minimum absolute atomic E-state index is 0.210. The number of piperidine rings is 1. The van der Waals surface area contributed by atoms with Crippen LogP contribution in [0.1, 0.15) is 32.6 Å². The molecule has 0 aromatic heterocycles. The van der Waals surface area contributed by atoms with Crippen LogP contribution in [-0.4, -0.2) is 34.6 Å². The first-order valence-corrected chi connectivity index (χ1v) is 5.16. The standard InChI is InChI=1S/C10H17NO2/c1-7(12)8-4-5-11-9(6-8)2-3-10(11)13/h7-9,12H,2-6H2,1H3. The number of carbonyl (C=O) groups excluding carboxylic acids is 1. The highest BCUT2D eigenvalue weighted by Crippen LogP contribution is 2.32. The molecule has 2 heterocycles. The Balaban J connectivity index is 1.99. The second-order valence-corrected chi connectivity index (χ2v) is 4.30. The molecule has 1 amide bonds. The molecule has 2 fully saturated rings. The molecule has 0 aromatic carbocycles. The maximum Gasteiger partial charge on any atom is 0.222 e. The molecule has 2 aliphatic rings. The summed E-state index contributed by atoms with van der Waals surface area (Å²) in [7, 11) is 0. The summed E-state index contributed by atoms with van der Waals surface area (Å²) in [5.41, 5.74) is 0.